The largest absolute Gasteiger partial charge is 0.392 e. The van der Waals surface area contributed by atoms with Gasteiger partial charge < -0.3 is 5.11 Å². The summed E-state index contributed by atoms with van der Waals surface area (Å²) in [5.74, 6) is 0.903. The number of sulfonamides is 1. The lowest BCUT2D eigenvalue weighted by atomic mass is 10.3. The zero-order chi connectivity index (χ0) is 13.6. The molecule has 0 spiro atoms. The van der Waals surface area contributed by atoms with Gasteiger partial charge in [0.05, 0.1) is 6.61 Å². The Bertz CT molecular complexity index is 460. The Morgan fingerprint density at radius 2 is 2.22 bits per heavy atom. The fraction of sp³-hybridized carbons (Fsp3) is 0.545. The smallest absolute Gasteiger partial charge is 0.258 e. The maximum absolute atomic E-state index is 12.0. The predicted octanol–water partition coefficient (Wildman–Crippen LogP) is 0.994. The number of aliphatic hydroxyl groups is 1. The van der Waals surface area contributed by atoms with Gasteiger partial charge in [-0.25, -0.2) is 18.1 Å². The van der Waals surface area contributed by atoms with Crippen LogP contribution in [0.3, 0.4) is 0 Å². The normalized spacial score (nSPS) is 13.5. The van der Waals surface area contributed by atoms with Gasteiger partial charge in [0, 0.05) is 12.2 Å². The standard InChI is InChI=1S/C11H18N2O3S2/c1-9(5-6-17-2)13-18(15,16)11-4-3-10(8-14)7-12-11/h3-4,7,9,13-14H,5-6,8H2,1-2H3. The lowest BCUT2D eigenvalue weighted by Gasteiger charge is -2.13. The number of aliphatic hydroxyl groups excluding tert-OH is 1. The SMILES string of the molecule is CSCCC(C)NS(=O)(=O)c1ccc(CO)cn1. The molecule has 1 rings (SSSR count). The Kier molecular flexibility index (Phi) is 6.07. The summed E-state index contributed by atoms with van der Waals surface area (Å²) in [7, 11) is -3.57. The molecule has 1 aromatic rings. The van der Waals surface area contributed by atoms with Gasteiger partial charge in [0.15, 0.2) is 5.03 Å². The highest BCUT2D eigenvalue weighted by atomic mass is 32.2. The summed E-state index contributed by atoms with van der Waals surface area (Å²) >= 11 is 1.68. The first-order chi connectivity index (χ1) is 8.49. The summed E-state index contributed by atoms with van der Waals surface area (Å²) in [6, 6.07) is 2.82. The lowest BCUT2D eigenvalue weighted by Crippen LogP contribution is -2.33. The summed E-state index contributed by atoms with van der Waals surface area (Å²) in [5, 5.41) is 8.85. The molecule has 0 saturated carbocycles. The van der Waals surface area contributed by atoms with Crippen molar-refractivity contribution in [2.24, 2.45) is 0 Å². The monoisotopic (exact) mass is 290 g/mol. The maximum Gasteiger partial charge on any atom is 0.258 e. The molecule has 1 atom stereocenters. The van der Waals surface area contributed by atoms with E-state index in [-0.39, 0.29) is 17.7 Å². The highest BCUT2D eigenvalue weighted by Crippen LogP contribution is 2.09. The third kappa shape index (κ3) is 4.56. The second-order valence-electron chi connectivity index (χ2n) is 3.97. The van der Waals surface area contributed by atoms with E-state index in [0.717, 1.165) is 12.2 Å². The quantitative estimate of drug-likeness (QED) is 0.783. The molecule has 7 heteroatoms. The van der Waals surface area contributed by atoms with Gasteiger partial charge in [0.2, 0.25) is 0 Å². The minimum Gasteiger partial charge on any atom is -0.392 e. The second kappa shape index (κ2) is 7.08. The number of aromatic nitrogens is 1. The zero-order valence-electron chi connectivity index (χ0n) is 10.5. The van der Waals surface area contributed by atoms with Crippen LogP contribution in [0.1, 0.15) is 18.9 Å². The molecule has 1 unspecified atom stereocenters. The fourth-order valence-electron chi connectivity index (χ4n) is 1.34. The molecule has 0 radical (unpaired) electrons. The molecule has 0 aliphatic heterocycles. The van der Waals surface area contributed by atoms with Crippen molar-refractivity contribution >= 4 is 21.8 Å². The number of nitrogens with zero attached hydrogens (tertiary/aromatic N) is 1. The van der Waals surface area contributed by atoms with Crippen LogP contribution in [0.25, 0.3) is 0 Å². The Balaban J connectivity index is 2.73. The van der Waals surface area contributed by atoms with Gasteiger partial charge in [0.1, 0.15) is 0 Å². The zero-order valence-corrected chi connectivity index (χ0v) is 12.1. The summed E-state index contributed by atoms with van der Waals surface area (Å²) in [5.41, 5.74) is 0.587. The lowest BCUT2D eigenvalue weighted by molar-refractivity contribution is 0.281. The summed E-state index contributed by atoms with van der Waals surface area (Å²) < 4.78 is 26.5. The molecule has 0 aliphatic carbocycles. The highest BCUT2D eigenvalue weighted by Gasteiger charge is 2.18. The first-order valence-corrected chi connectivity index (χ1v) is 8.44. The Hall–Kier alpha value is -0.630. The number of rotatable bonds is 7. The van der Waals surface area contributed by atoms with Crippen LogP contribution in [0, 0.1) is 0 Å². The van der Waals surface area contributed by atoms with Gasteiger partial charge in [-0.3, -0.25) is 0 Å². The van der Waals surface area contributed by atoms with Crippen molar-refractivity contribution in [3.63, 3.8) is 0 Å². The van der Waals surface area contributed by atoms with Crippen molar-refractivity contribution in [2.45, 2.75) is 31.0 Å². The van der Waals surface area contributed by atoms with E-state index in [0.29, 0.717) is 5.56 Å². The van der Waals surface area contributed by atoms with E-state index in [1.165, 1.54) is 12.3 Å². The molecule has 1 aromatic heterocycles. The molecule has 0 aliphatic rings. The van der Waals surface area contributed by atoms with Crippen LogP contribution in [-0.4, -0.2) is 36.6 Å². The average molecular weight is 290 g/mol. The molecule has 18 heavy (non-hydrogen) atoms. The van der Waals surface area contributed by atoms with Gasteiger partial charge in [-0.05, 0) is 37.0 Å². The van der Waals surface area contributed by atoms with Crippen molar-refractivity contribution in [3.05, 3.63) is 23.9 Å². The van der Waals surface area contributed by atoms with Crippen molar-refractivity contribution in [1.82, 2.24) is 9.71 Å². The van der Waals surface area contributed by atoms with Crippen molar-refractivity contribution in [2.75, 3.05) is 12.0 Å². The first kappa shape index (κ1) is 15.4. The summed E-state index contributed by atoms with van der Waals surface area (Å²) in [6.07, 6.45) is 4.12. The van der Waals surface area contributed by atoms with Gasteiger partial charge in [-0.1, -0.05) is 6.07 Å². The van der Waals surface area contributed by atoms with Gasteiger partial charge in [0.25, 0.3) is 10.0 Å². The van der Waals surface area contributed by atoms with E-state index in [1.54, 1.807) is 17.8 Å². The van der Waals surface area contributed by atoms with Crippen molar-refractivity contribution in [3.8, 4) is 0 Å². The number of hydrogen-bond acceptors (Lipinski definition) is 5. The van der Waals surface area contributed by atoms with Gasteiger partial charge in [-0.2, -0.15) is 11.8 Å². The molecule has 5 nitrogen and oxygen atoms in total. The van der Waals surface area contributed by atoms with Gasteiger partial charge in [-0.15, -0.1) is 0 Å². The van der Waals surface area contributed by atoms with E-state index in [9.17, 15) is 8.42 Å². The van der Waals surface area contributed by atoms with Crippen LogP contribution in [-0.2, 0) is 16.6 Å². The molecule has 0 aromatic carbocycles. The van der Waals surface area contributed by atoms with Crippen LogP contribution < -0.4 is 4.72 Å². The number of hydrogen-bond donors (Lipinski definition) is 2. The van der Waals surface area contributed by atoms with Crippen molar-refractivity contribution < 1.29 is 13.5 Å². The fourth-order valence-corrected chi connectivity index (χ4v) is 3.14. The topological polar surface area (TPSA) is 79.3 Å². The van der Waals surface area contributed by atoms with Crippen LogP contribution in [0.4, 0.5) is 0 Å². The minimum absolute atomic E-state index is 0.0179. The number of pyridine rings is 1. The maximum atomic E-state index is 12.0. The van der Waals surface area contributed by atoms with E-state index in [4.69, 9.17) is 5.11 Å². The van der Waals surface area contributed by atoms with Gasteiger partial charge >= 0.3 is 0 Å². The molecule has 0 amide bonds. The molecular weight excluding hydrogens is 272 g/mol. The third-order valence-electron chi connectivity index (χ3n) is 2.37. The Morgan fingerprint density at radius 3 is 2.72 bits per heavy atom. The Morgan fingerprint density at radius 1 is 1.50 bits per heavy atom. The van der Waals surface area contributed by atoms with E-state index >= 15 is 0 Å². The molecule has 1 heterocycles. The predicted molar refractivity (Wildman–Crippen MR) is 72.9 cm³/mol. The molecular formula is C11H18N2O3S2. The molecule has 0 bridgehead atoms. The highest BCUT2D eigenvalue weighted by molar-refractivity contribution is 7.98. The van der Waals surface area contributed by atoms with Crippen LogP contribution in [0.2, 0.25) is 0 Å². The van der Waals surface area contributed by atoms with Crippen LogP contribution in [0.5, 0.6) is 0 Å². The second-order valence-corrected chi connectivity index (χ2v) is 6.61. The number of thioether (sulfide) groups is 1. The molecule has 0 fully saturated rings. The molecule has 102 valence electrons. The Labute approximate surface area is 112 Å². The van der Waals surface area contributed by atoms with E-state index < -0.39 is 10.0 Å². The molecule has 2 N–H and O–H groups in total. The van der Waals surface area contributed by atoms with Crippen LogP contribution in [0.15, 0.2) is 23.4 Å². The number of nitrogens with one attached hydrogen (secondary N) is 1. The van der Waals surface area contributed by atoms with E-state index in [1.807, 2.05) is 13.2 Å². The average Bonchev–Trinajstić information content (AvgIpc) is 2.36. The summed E-state index contributed by atoms with van der Waals surface area (Å²) in [4.78, 5) is 3.84. The minimum atomic E-state index is -3.57. The van der Waals surface area contributed by atoms with Crippen LogP contribution >= 0.6 is 11.8 Å². The third-order valence-corrected chi connectivity index (χ3v) is 4.52. The molecule has 0 saturated heterocycles. The van der Waals surface area contributed by atoms with Crippen molar-refractivity contribution in [1.29, 1.82) is 0 Å². The first-order valence-electron chi connectivity index (χ1n) is 5.56. The van der Waals surface area contributed by atoms with E-state index in [2.05, 4.69) is 9.71 Å². The summed E-state index contributed by atoms with van der Waals surface area (Å²) in [6.45, 7) is 1.68.